The van der Waals surface area contributed by atoms with Crippen LogP contribution in [0.1, 0.15) is 22.3 Å². The van der Waals surface area contributed by atoms with Crippen molar-refractivity contribution in [2.75, 3.05) is 26.4 Å². The normalized spacial score (nSPS) is 15.3. The smallest absolute Gasteiger partial charge is 0.254 e. The van der Waals surface area contributed by atoms with Crippen molar-refractivity contribution in [3.63, 3.8) is 0 Å². The highest BCUT2D eigenvalue weighted by Gasteiger charge is 2.36. The number of nitrogens with zero attached hydrogens (tertiary/aromatic N) is 1. The highest BCUT2D eigenvalue weighted by molar-refractivity contribution is 5.96. The van der Waals surface area contributed by atoms with E-state index in [0.717, 1.165) is 12.8 Å². The number of carbonyl (C=O) groups is 2. The second kappa shape index (κ2) is 7.70. The van der Waals surface area contributed by atoms with Crippen molar-refractivity contribution in [3.05, 3.63) is 59.7 Å². The molecule has 1 saturated heterocycles. The molecule has 0 bridgehead atoms. The number of amides is 2. The van der Waals surface area contributed by atoms with Gasteiger partial charge in [-0.15, -0.1) is 0 Å². The molecule has 0 saturated carbocycles. The van der Waals surface area contributed by atoms with Crippen molar-refractivity contribution in [3.8, 4) is 11.5 Å². The second-order valence-electron chi connectivity index (χ2n) is 6.86. The van der Waals surface area contributed by atoms with Gasteiger partial charge < -0.3 is 19.7 Å². The van der Waals surface area contributed by atoms with E-state index >= 15 is 0 Å². The zero-order valence-electron chi connectivity index (χ0n) is 15.0. The average molecular weight is 366 g/mol. The summed E-state index contributed by atoms with van der Waals surface area (Å²) in [6.45, 7) is 1.75. The molecule has 1 fully saturated rings. The number of nitrogens with one attached hydrogen (secondary N) is 1. The van der Waals surface area contributed by atoms with E-state index in [1.54, 1.807) is 23.1 Å². The van der Waals surface area contributed by atoms with Crippen molar-refractivity contribution in [1.29, 1.82) is 0 Å². The number of aryl methyl sites for hydroxylation is 1. The molecule has 27 heavy (non-hydrogen) atoms. The van der Waals surface area contributed by atoms with Crippen LogP contribution in [0.15, 0.2) is 48.5 Å². The Balaban J connectivity index is 1.19. The van der Waals surface area contributed by atoms with Crippen LogP contribution in [-0.4, -0.2) is 43.1 Å². The number of benzene rings is 2. The summed E-state index contributed by atoms with van der Waals surface area (Å²) in [4.78, 5) is 26.4. The molecule has 4 rings (SSSR count). The van der Waals surface area contributed by atoms with Crippen LogP contribution < -0.4 is 14.8 Å². The Morgan fingerprint density at radius 1 is 1.04 bits per heavy atom. The first-order valence-corrected chi connectivity index (χ1v) is 9.21. The lowest BCUT2D eigenvalue weighted by Gasteiger charge is -2.38. The highest BCUT2D eigenvalue weighted by Crippen LogP contribution is 2.33. The van der Waals surface area contributed by atoms with Crippen LogP contribution >= 0.6 is 0 Å². The minimum Gasteiger partial charge on any atom is -0.454 e. The second-order valence-corrected chi connectivity index (χ2v) is 6.86. The Kier molecular flexibility index (Phi) is 4.96. The van der Waals surface area contributed by atoms with E-state index in [1.807, 2.05) is 18.2 Å². The molecular formula is C21H22N2O4. The molecule has 2 aliphatic heterocycles. The minimum atomic E-state index is -0.125. The summed E-state index contributed by atoms with van der Waals surface area (Å²) < 4.78 is 10.6. The number of rotatable bonds is 6. The van der Waals surface area contributed by atoms with Gasteiger partial charge in [-0.1, -0.05) is 30.3 Å². The zero-order valence-corrected chi connectivity index (χ0v) is 15.0. The quantitative estimate of drug-likeness (QED) is 0.796. The minimum absolute atomic E-state index is 0.0257. The van der Waals surface area contributed by atoms with Gasteiger partial charge in [0.1, 0.15) is 0 Å². The van der Waals surface area contributed by atoms with Crippen LogP contribution in [-0.2, 0) is 11.2 Å². The summed E-state index contributed by atoms with van der Waals surface area (Å²) >= 11 is 0. The molecule has 6 nitrogen and oxygen atoms in total. The van der Waals surface area contributed by atoms with Crippen LogP contribution in [0.3, 0.4) is 0 Å². The fourth-order valence-corrected chi connectivity index (χ4v) is 3.32. The molecule has 2 amide bonds. The first-order valence-electron chi connectivity index (χ1n) is 9.21. The summed E-state index contributed by atoms with van der Waals surface area (Å²) in [7, 11) is 0. The highest BCUT2D eigenvalue weighted by atomic mass is 16.7. The molecule has 0 atom stereocenters. The average Bonchev–Trinajstić information content (AvgIpc) is 3.12. The monoisotopic (exact) mass is 366 g/mol. The molecule has 6 heteroatoms. The Hall–Kier alpha value is -3.02. The maximum atomic E-state index is 12.5. The summed E-state index contributed by atoms with van der Waals surface area (Å²) in [5.74, 6) is 1.07. The summed E-state index contributed by atoms with van der Waals surface area (Å²) in [6.07, 6.45) is 1.85. The number of hydrogen-bond donors (Lipinski definition) is 1. The topological polar surface area (TPSA) is 67.9 Å². The first kappa shape index (κ1) is 17.4. The van der Waals surface area contributed by atoms with Crippen molar-refractivity contribution in [2.45, 2.75) is 12.8 Å². The largest absolute Gasteiger partial charge is 0.454 e. The Bertz CT molecular complexity index is 831. The van der Waals surface area contributed by atoms with E-state index in [1.165, 1.54) is 5.56 Å². The molecule has 1 N–H and O–H groups in total. The molecule has 0 spiro atoms. The van der Waals surface area contributed by atoms with Gasteiger partial charge in [0.25, 0.3) is 5.91 Å². The molecule has 140 valence electrons. The van der Waals surface area contributed by atoms with Gasteiger partial charge in [-0.25, -0.2) is 0 Å². The van der Waals surface area contributed by atoms with Gasteiger partial charge in [0.05, 0.1) is 5.92 Å². The molecule has 2 aromatic carbocycles. The number of fused-ring (bicyclic) bond motifs is 1. The van der Waals surface area contributed by atoms with Gasteiger partial charge in [-0.3, -0.25) is 9.59 Å². The van der Waals surface area contributed by atoms with Crippen LogP contribution in [0.4, 0.5) is 0 Å². The molecule has 0 radical (unpaired) electrons. The van der Waals surface area contributed by atoms with Gasteiger partial charge in [-0.05, 0) is 36.6 Å². The molecule has 2 aliphatic rings. The third-order valence-corrected chi connectivity index (χ3v) is 4.94. The zero-order chi connectivity index (χ0) is 18.6. The summed E-state index contributed by atoms with van der Waals surface area (Å²) in [5, 5.41) is 2.97. The van der Waals surface area contributed by atoms with Gasteiger partial charge in [0.15, 0.2) is 11.5 Å². The fraction of sp³-hybridized carbons (Fsp3) is 0.333. The van der Waals surface area contributed by atoms with Crippen molar-refractivity contribution < 1.29 is 19.1 Å². The van der Waals surface area contributed by atoms with Crippen LogP contribution in [0.2, 0.25) is 0 Å². The van der Waals surface area contributed by atoms with E-state index in [9.17, 15) is 9.59 Å². The SMILES string of the molecule is O=C(NCCCc1ccccc1)C1CN(C(=O)c2ccc3c(c2)OCO3)C1. The van der Waals surface area contributed by atoms with Crippen LogP contribution in [0.25, 0.3) is 0 Å². The van der Waals surface area contributed by atoms with Gasteiger partial charge >= 0.3 is 0 Å². The lowest BCUT2D eigenvalue weighted by Crippen LogP contribution is -2.55. The van der Waals surface area contributed by atoms with Crippen molar-refractivity contribution in [1.82, 2.24) is 10.2 Å². The lowest BCUT2D eigenvalue weighted by atomic mass is 9.97. The van der Waals surface area contributed by atoms with E-state index in [2.05, 4.69) is 17.4 Å². The third-order valence-electron chi connectivity index (χ3n) is 4.94. The summed E-state index contributed by atoms with van der Waals surface area (Å²) in [5.41, 5.74) is 1.83. The molecule has 0 unspecified atom stereocenters. The van der Waals surface area contributed by atoms with Gasteiger partial charge in [-0.2, -0.15) is 0 Å². The fourth-order valence-electron chi connectivity index (χ4n) is 3.32. The maximum absolute atomic E-state index is 12.5. The molecular weight excluding hydrogens is 344 g/mol. The Labute approximate surface area is 158 Å². The number of carbonyl (C=O) groups excluding carboxylic acids is 2. The van der Waals surface area contributed by atoms with E-state index < -0.39 is 0 Å². The van der Waals surface area contributed by atoms with Crippen molar-refractivity contribution >= 4 is 11.8 Å². The van der Waals surface area contributed by atoms with Crippen molar-refractivity contribution in [2.24, 2.45) is 5.92 Å². The lowest BCUT2D eigenvalue weighted by molar-refractivity contribution is -0.128. The Morgan fingerprint density at radius 3 is 2.63 bits per heavy atom. The number of hydrogen-bond acceptors (Lipinski definition) is 4. The van der Waals surface area contributed by atoms with Crippen LogP contribution in [0.5, 0.6) is 11.5 Å². The van der Waals surface area contributed by atoms with E-state index in [0.29, 0.717) is 36.7 Å². The Morgan fingerprint density at radius 2 is 1.81 bits per heavy atom. The number of ether oxygens (including phenoxy) is 2. The molecule has 2 aromatic rings. The summed E-state index contributed by atoms with van der Waals surface area (Å²) in [6, 6.07) is 15.4. The molecule has 0 aromatic heterocycles. The van der Waals surface area contributed by atoms with E-state index in [4.69, 9.17) is 9.47 Å². The standard InChI is InChI=1S/C21H22N2O4/c24-20(22-10-4-7-15-5-2-1-3-6-15)17-12-23(13-17)21(25)16-8-9-18-19(11-16)27-14-26-18/h1-3,5-6,8-9,11,17H,4,7,10,12-14H2,(H,22,24). The predicted molar refractivity (Wildman–Crippen MR) is 99.7 cm³/mol. The van der Waals surface area contributed by atoms with Crippen LogP contribution in [0, 0.1) is 5.92 Å². The number of likely N-dealkylation sites (tertiary alicyclic amines) is 1. The van der Waals surface area contributed by atoms with E-state index in [-0.39, 0.29) is 24.5 Å². The first-order chi connectivity index (χ1) is 13.2. The van der Waals surface area contributed by atoms with Gasteiger partial charge in [0, 0.05) is 25.2 Å². The molecule has 2 heterocycles. The third kappa shape index (κ3) is 3.89. The predicted octanol–water partition coefficient (Wildman–Crippen LogP) is 2.24. The maximum Gasteiger partial charge on any atom is 0.254 e. The van der Waals surface area contributed by atoms with Gasteiger partial charge in [0.2, 0.25) is 12.7 Å². The molecule has 0 aliphatic carbocycles.